The number of nitrogen functional groups attached to an aromatic ring is 1. The number of nitrogens with two attached hydrogens (primary N) is 1. The molecule has 0 aliphatic carbocycles. The van der Waals surface area contributed by atoms with Crippen LogP contribution in [0.2, 0.25) is 5.02 Å². The van der Waals surface area contributed by atoms with Crippen molar-refractivity contribution in [1.82, 2.24) is 5.32 Å². The number of nitrogens with one attached hydrogen (secondary N) is 1. The van der Waals surface area contributed by atoms with Gasteiger partial charge in [0.2, 0.25) is 0 Å². The Hall–Kier alpha value is -1.75. The van der Waals surface area contributed by atoms with Crippen LogP contribution in [0.3, 0.4) is 0 Å². The van der Waals surface area contributed by atoms with Gasteiger partial charge in [0.05, 0.1) is 5.92 Å². The second-order valence-corrected chi connectivity index (χ2v) is 4.60. The molecule has 0 spiro atoms. The van der Waals surface area contributed by atoms with E-state index in [0.717, 1.165) is 0 Å². The van der Waals surface area contributed by atoms with Crippen molar-refractivity contribution in [3.63, 3.8) is 0 Å². The fourth-order valence-electron chi connectivity index (χ4n) is 1.37. The fourth-order valence-corrected chi connectivity index (χ4v) is 1.62. The van der Waals surface area contributed by atoms with Gasteiger partial charge in [-0.1, -0.05) is 11.6 Å². The highest BCUT2D eigenvalue weighted by Crippen LogP contribution is 2.17. The predicted octanol–water partition coefficient (Wildman–Crippen LogP) is 1.76. The number of hydrogen-bond acceptors (Lipinski definition) is 3. The van der Waals surface area contributed by atoms with Gasteiger partial charge in [-0.2, -0.15) is 0 Å². The number of hydrogen-bond donors (Lipinski definition) is 3. The van der Waals surface area contributed by atoms with Crippen LogP contribution in [0, 0.1) is 5.92 Å². The molecule has 5 nitrogen and oxygen atoms in total. The van der Waals surface area contributed by atoms with Gasteiger partial charge in [0.1, 0.15) is 0 Å². The normalized spacial score (nSPS) is 13.7. The SMILES string of the molecule is CC(NC(=O)c1cc(N)cc(Cl)c1)C(C)C(=O)O. The second-order valence-electron chi connectivity index (χ2n) is 4.16. The molecule has 0 radical (unpaired) electrons. The van der Waals surface area contributed by atoms with Crippen molar-refractivity contribution in [2.75, 3.05) is 5.73 Å². The third-order valence-corrected chi connectivity index (χ3v) is 2.90. The van der Waals surface area contributed by atoms with Crippen LogP contribution in [0.5, 0.6) is 0 Å². The van der Waals surface area contributed by atoms with Crippen LogP contribution in [-0.2, 0) is 4.79 Å². The summed E-state index contributed by atoms with van der Waals surface area (Å²) in [6, 6.07) is 4.00. The summed E-state index contributed by atoms with van der Waals surface area (Å²) in [4.78, 5) is 22.6. The number of carbonyl (C=O) groups excluding carboxylic acids is 1. The van der Waals surface area contributed by atoms with Crippen molar-refractivity contribution in [3.05, 3.63) is 28.8 Å². The zero-order valence-corrected chi connectivity index (χ0v) is 10.9. The lowest BCUT2D eigenvalue weighted by Crippen LogP contribution is -2.40. The van der Waals surface area contributed by atoms with E-state index in [1.54, 1.807) is 6.92 Å². The van der Waals surface area contributed by atoms with Gasteiger partial charge in [-0.05, 0) is 32.0 Å². The van der Waals surface area contributed by atoms with E-state index in [4.69, 9.17) is 22.4 Å². The molecule has 0 aliphatic rings. The molecule has 1 aromatic rings. The minimum absolute atomic E-state index is 0.310. The van der Waals surface area contributed by atoms with Crippen molar-refractivity contribution in [2.45, 2.75) is 19.9 Å². The maximum atomic E-state index is 11.9. The molecule has 0 saturated carbocycles. The van der Waals surface area contributed by atoms with Crippen LogP contribution in [-0.4, -0.2) is 23.0 Å². The number of rotatable bonds is 4. The standard InChI is InChI=1S/C12H15ClN2O3/c1-6(12(17)18)7(2)15-11(16)8-3-9(13)5-10(14)4-8/h3-7H,14H2,1-2H3,(H,15,16)(H,17,18). The lowest BCUT2D eigenvalue weighted by Gasteiger charge is -2.17. The highest BCUT2D eigenvalue weighted by Gasteiger charge is 2.21. The van der Waals surface area contributed by atoms with Crippen molar-refractivity contribution in [2.24, 2.45) is 5.92 Å². The number of halogens is 1. The Bertz CT molecular complexity index is 456. The average Bonchev–Trinajstić information content (AvgIpc) is 2.26. The maximum absolute atomic E-state index is 11.9. The summed E-state index contributed by atoms with van der Waals surface area (Å²) in [7, 11) is 0. The molecule has 0 aliphatic heterocycles. The Morgan fingerprint density at radius 1 is 1.33 bits per heavy atom. The molecule has 2 atom stereocenters. The van der Waals surface area contributed by atoms with Crippen LogP contribution >= 0.6 is 11.6 Å². The van der Waals surface area contributed by atoms with Crippen molar-refractivity contribution in [1.29, 1.82) is 0 Å². The summed E-state index contributed by atoms with van der Waals surface area (Å²) in [6.45, 7) is 3.16. The van der Waals surface area contributed by atoms with Crippen molar-refractivity contribution >= 4 is 29.2 Å². The molecule has 0 heterocycles. The topological polar surface area (TPSA) is 92.4 Å². The third kappa shape index (κ3) is 3.63. The highest BCUT2D eigenvalue weighted by molar-refractivity contribution is 6.31. The monoisotopic (exact) mass is 270 g/mol. The van der Waals surface area contributed by atoms with E-state index >= 15 is 0 Å². The van der Waals surface area contributed by atoms with Crippen LogP contribution in [0.4, 0.5) is 5.69 Å². The summed E-state index contributed by atoms with van der Waals surface area (Å²) < 4.78 is 0. The molecule has 1 aromatic carbocycles. The number of aliphatic carboxylic acids is 1. The molecule has 4 N–H and O–H groups in total. The van der Waals surface area contributed by atoms with Gasteiger partial charge in [0, 0.05) is 22.3 Å². The van der Waals surface area contributed by atoms with Crippen LogP contribution in [0.1, 0.15) is 24.2 Å². The van der Waals surface area contributed by atoms with E-state index in [1.807, 2.05) is 0 Å². The van der Waals surface area contributed by atoms with Gasteiger partial charge in [0.25, 0.3) is 5.91 Å². The number of carboxylic acids is 1. The fraction of sp³-hybridized carbons (Fsp3) is 0.333. The summed E-state index contributed by atoms with van der Waals surface area (Å²) in [5.74, 6) is -2.04. The van der Waals surface area contributed by atoms with Gasteiger partial charge >= 0.3 is 5.97 Å². The molecule has 0 bridgehead atoms. The molecule has 98 valence electrons. The lowest BCUT2D eigenvalue weighted by molar-refractivity contribution is -0.141. The molecular weight excluding hydrogens is 256 g/mol. The summed E-state index contributed by atoms with van der Waals surface area (Å²) in [6.07, 6.45) is 0. The Labute approximate surface area is 110 Å². The molecule has 6 heteroatoms. The van der Waals surface area contributed by atoms with Gasteiger partial charge in [0.15, 0.2) is 0 Å². The summed E-state index contributed by atoms with van der Waals surface area (Å²) in [5, 5.41) is 11.8. The van der Waals surface area contributed by atoms with Gasteiger partial charge in [-0.25, -0.2) is 0 Å². The zero-order chi connectivity index (χ0) is 13.9. The number of anilines is 1. The minimum atomic E-state index is -0.964. The molecule has 0 saturated heterocycles. The van der Waals surface area contributed by atoms with E-state index in [0.29, 0.717) is 16.3 Å². The first-order chi connectivity index (χ1) is 8.31. The van der Waals surface area contributed by atoms with E-state index in [1.165, 1.54) is 25.1 Å². The van der Waals surface area contributed by atoms with Crippen molar-refractivity contribution < 1.29 is 14.7 Å². The lowest BCUT2D eigenvalue weighted by atomic mass is 10.0. The number of carbonyl (C=O) groups is 2. The maximum Gasteiger partial charge on any atom is 0.308 e. The first-order valence-corrected chi connectivity index (χ1v) is 5.78. The van der Waals surface area contributed by atoms with Crippen molar-refractivity contribution in [3.8, 4) is 0 Å². The van der Waals surface area contributed by atoms with Crippen LogP contribution in [0.15, 0.2) is 18.2 Å². The summed E-state index contributed by atoms with van der Waals surface area (Å²) in [5.41, 5.74) is 6.27. The Morgan fingerprint density at radius 3 is 2.44 bits per heavy atom. The van der Waals surface area contributed by atoms with Crippen LogP contribution in [0.25, 0.3) is 0 Å². The molecule has 1 rings (SSSR count). The minimum Gasteiger partial charge on any atom is -0.481 e. The number of benzene rings is 1. The van der Waals surface area contributed by atoms with Gasteiger partial charge in [-0.3, -0.25) is 9.59 Å². The largest absolute Gasteiger partial charge is 0.481 e. The molecule has 0 aromatic heterocycles. The molecule has 0 fully saturated rings. The second kappa shape index (κ2) is 5.73. The molecule has 18 heavy (non-hydrogen) atoms. The van der Waals surface area contributed by atoms with E-state index in [9.17, 15) is 9.59 Å². The van der Waals surface area contributed by atoms with E-state index < -0.39 is 23.8 Å². The average molecular weight is 271 g/mol. The Morgan fingerprint density at radius 2 is 1.94 bits per heavy atom. The number of carboxylic acid groups (broad SMARTS) is 1. The zero-order valence-electron chi connectivity index (χ0n) is 10.1. The first-order valence-electron chi connectivity index (χ1n) is 5.41. The summed E-state index contributed by atoms with van der Waals surface area (Å²) >= 11 is 5.79. The highest BCUT2D eigenvalue weighted by atomic mass is 35.5. The Kier molecular flexibility index (Phi) is 4.55. The predicted molar refractivity (Wildman–Crippen MR) is 69.6 cm³/mol. The quantitative estimate of drug-likeness (QED) is 0.727. The molecule has 2 unspecified atom stereocenters. The third-order valence-electron chi connectivity index (χ3n) is 2.68. The smallest absolute Gasteiger partial charge is 0.308 e. The Balaban J connectivity index is 2.79. The van der Waals surface area contributed by atoms with Gasteiger partial charge < -0.3 is 16.2 Å². The van der Waals surface area contributed by atoms with E-state index in [-0.39, 0.29) is 0 Å². The molecular formula is C12H15ClN2O3. The first kappa shape index (κ1) is 14.3. The van der Waals surface area contributed by atoms with E-state index in [2.05, 4.69) is 5.32 Å². The van der Waals surface area contributed by atoms with Gasteiger partial charge in [-0.15, -0.1) is 0 Å². The number of amides is 1. The molecule has 1 amide bonds. The van der Waals surface area contributed by atoms with Crippen LogP contribution < -0.4 is 11.1 Å².